The molecular weight excluding hydrogens is 711 g/mol. The van der Waals surface area contributed by atoms with Crippen molar-refractivity contribution in [2.24, 2.45) is 0 Å². The van der Waals surface area contributed by atoms with Crippen LogP contribution in [0.15, 0.2) is 37.9 Å². The van der Waals surface area contributed by atoms with Gasteiger partial charge in [-0.15, -0.1) is 6.42 Å². The molecule has 7 heterocycles. The maximum atomic E-state index is 17.5. The Morgan fingerprint density at radius 3 is 2.60 bits per heavy atom. The Morgan fingerprint density at radius 2 is 1.84 bits per heavy atom. The molecule has 0 spiro atoms. The van der Waals surface area contributed by atoms with E-state index < -0.39 is 28.8 Å². The highest BCUT2D eigenvalue weighted by Gasteiger charge is 2.49. The van der Waals surface area contributed by atoms with E-state index >= 15 is 13.2 Å². The summed E-state index contributed by atoms with van der Waals surface area (Å²) in [6, 6.07) is 5.30. The van der Waals surface area contributed by atoms with Crippen LogP contribution in [0, 0.1) is 36.7 Å². The van der Waals surface area contributed by atoms with Crippen LogP contribution in [-0.4, -0.2) is 74.8 Å². The summed E-state index contributed by atoms with van der Waals surface area (Å²) < 4.78 is 67.2. The standard InChI is InChI=1S/C42H40F3N5O5/c1-3-26-29(43)11-9-23-17-25(51)18-28(33(23)26)34-36(44)27-7-4-8-30-31-12-10-24(49(31)20-32-22(2)54-41(52)55-32)19-50(30)39-35(27)38(37(34)45)46-40(47-39)53-21-42-13-5-15-48(42)16-6-14-42/h1,9,11,17-18,24,30-31,51H,4-8,10,12-16,19-21H2,2H3/t24-,30-,31+/m1/s1. The number of hydrogen-bond donors (Lipinski definition) is 1. The van der Waals surface area contributed by atoms with Crippen LogP contribution in [0.25, 0.3) is 32.8 Å². The second kappa shape index (κ2) is 12.7. The Balaban J connectivity index is 1.16. The number of benzene rings is 3. The van der Waals surface area contributed by atoms with Crippen molar-refractivity contribution in [3.63, 3.8) is 0 Å². The molecule has 4 fully saturated rings. The fraction of sp³-hybridized carbons (Fsp3) is 0.452. The number of piperazine rings is 1. The van der Waals surface area contributed by atoms with Gasteiger partial charge in [-0.2, -0.15) is 9.97 Å². The smallest absolute Gasteiger partial charge is 0.508 e. The highest BCUT2D eigenvalue weighted by molar-refractivity contribution is 6.05. The summed E-state index contributed by atoms with van der Waals surface area (Å²) in [5, 5.41) is 11.6. The summed E-state index contributed by atoms with van der Waals surface area (Å²) in [5.74, 6) is 0.281. The molecule has 3 atom stereocenters. The average Bonchev–Trinajstić information content (AvgIpc) is 3.90. The Morgan fingerprint density at radius 1 is 1.02 bits per heavy atom. The molecule has 0 radical (unpaired) electrons. The zero-order valence-electron chi connectivity index (χ0n) is 30.5. The normalized spacial score (nSPS) is 23.2. The summed E-state index contributed by atoms with van der Waals surface area (Å²) in [6.45, 7) is 5.02. The van der Waals surface area contributed by atoms with Crippen LogP contribution in [0.4, 0.5) is 19.0 Å². The number of aryl methyl sites for hydroxylation is 2. The first-order valence-corrected chi connectivity index (χ1v) is 19.3. The van der Waals surface area contributed by atoms with Gasteiger partial charge in [0, 0.05) is 41.2 Å². The van der Waals surface area contributed by atoms with Crippen molar-refractivity contribution in [2.75, 3.05) is 31.1 Å². The molecule has 0 aliphatic carbocycles. The second-order valence-electron chi connectivity index (χ2n) is 15.9. The van der Waals surface area contributed by atoms with Crippen molar-refractivity contribution in [3.05, 3.63) is 75.0 Å². The molecule has 10 nitrogen and oxygen atoms in total. The lowest BCUT2D eigenvalue weighted by Gasteiger charge is -2.48. The van der Waals surface area contributed by atoms with Gasteiger partial charge in [-0.3, -0.25) is 9.80 Å². The number of terminal acetylenes is 1. The lowest BCUT2D eigenvalue weighted by atomic mass is 9.87. The molecule has 13 heteroatoms. The number of ether oxygens (including phenoxy) is 1. The van der Waals surface area contributed by atoms with Gasteiger partial charge in [-0.25, -0.2) is 18.0 Å². The largest absolute Gasteiger partial charge is 0.519 e. The third-order valence-electron chi connectivity index (χ3n) is 13.1. The maximum absolute atomic E-state index is 17.5. The molecule has 284 valence electrons. The molecule has 0 unspecified atom stereocenters. The lowest BCUT2D eigenvalue weighted by Crippen LogP contribution is -2.60. The van der Waals surface area contributed by atoms with Crippen molar-refractivity contribution < 1.29 is 31.8 Å². The quantitative estimate of drug-likeness (QED) is 0.183. The predicted octanol–water partition coefficient (Wildman–Crippen LogP) is 6.97. The number of rotatable bonds is 6. The zero-order valence-corrected chi connectivity index (χ0v) is 30.5. The SMILES string of the molecule is C#Cc1c(F)ccc2cc(O)cc(-c3c(F)c4c5c(nc(OCC67CCCN6CCC7)nc5c3F)N3C[C@H]5CC[C@@H]([C@H]3CCC4)N5Cc3oc(=O)oc3C)c12. The van der Waals surface area contributed by atoms with Gasteiger partial charge < -0.3 is 23.6 Å². The topological polar surface area (TPSA) is 108 Å². The molecule has 2 bridgehead atoms. The molecule has 4 saturated heterocycles. The van der Waals surface area contributed by atoms with Gasteiger partial charge in [-0.05, 0) is 101 Å². The zero-order chi connectivity index (χ0) is 37.7. The fourth-order valence-corrected chi connectivity index (χ4v) is 10.7. The second-order valence-corrected chi connectivity index (χ2v) is 15.9. The highest BCUT2D eigenvalue weighted by Crippen LogP contribution is 2.48. The minimum atomic E-state index is -0.963. The number of phenols is 1. The molecule has 10 rings (SSSR count). The van der Waals surface area contributed by atoms with Gasteiger partial charge in [0.1, 0.15) is 41.1 Å². The highest BCUT2D eigenvalue weighted by atomic mass is 19.1. The predicted molar refractivity (Wildman–Crippen MR) is 199 cm³/mol. The monoisotopic (exact) mass is 751 g/mol. The molecule has 0 amide bonds. The van der Waals surface area contributed by atoms with Gasteiger partial charge in [-0.1, -0.05) is 12.0 Å². The van der Waals surface area contributed by atoms with Crippen LogP contribution < -0.4 is 15.5 Å². The summed E-state index contributed by atoms with van der Waals surface area (Å²) in [4.78, 5) is 28.7. The molecule has 5 aliphatic rings. The number of aromatic hydroxyl groups is 1. The van der Waals surface area contributed by atoms with E-state index in [-0.39, 0.29) is 74.8 Å². The molecular formula is C42H40F3N5O5. The van der Waals surface area contributed by atoms with Crippen LogP contribution in [0.5, 0.6) is 11.8 Å². The Kier molecular flexibility index (Phi) is 7.98. The van der Waals surface area contributed by atoms with E-state index in [1.54, 1.807) is 6.92 Å². The van der Waals surface area contributed by atoms with Crippen molar-refractivity contribution >= 4 is 27.5 Å². The van der Waals surface area contributed by atoms with Crippen molar-refractivity contribution in [3.8, 4) is 35.2 Å². The number of hydrogen-bond acceptors (Lipinski definition) is 10. The van der Waals surface area contributed by atoms with Gasteiger partial charge >= 0.3 is 11.8 Å². The van der Waals surface area contributed by atoms with E-state index in [2.05, 4.69) is 20.6 Å². The third-order valence-corrected chi connectivity index (χ3v) is 13.1. The Hall–Kier alpha value is -5.06. The minimum Gasteiger partial charge on any atom is -0.508 e. The minimum absolute atomic E-state index is 0.0130. The van der Waals surface area contributed by atoms with Gasteiger partial charge in [0.25, 0.3) is 0 Å². The molecule has 3 aromatic carbocycles. The molecule has 0 saturated carbocycles. The molecule has 1 N–H and O–H groups in total. The number of nitrogens with zero attached hydrogens (tertiary/aromatic N) is 5. The van der Waals surface area contributed by atoms with Crippen molar-refractivity contribution in [1.82, 2.24) is 19.8 Å². The summed E-state index contributed by atoms with van der Waals surface area (Å²) in [6.07, 6.45) is 13.2. The van der Waals surface area contributed by atoms with Crippen LogP contribution in [0.1, 0.15) is 74.0 Å². The van der Waals surface area contributed by atoms with Crippen LogP contribution in [0.3, 0.4) is 0 Å². The first-order valence-electron chi connectivity index (χ1n) is 19.3. The number of anilines is 1. The van der Waals surface area contributed by atoms with E-state index in [1.807, 2.05) is 0 Å². The van der Waals surface area contributed by atoms with E-state index in [4.69, 9.17) is 30.0 Å². The van der Waals surface area contributed by atoms with Crippen molar-refractivity contribution in [1.29, 1.82) is 0 Å². The summed E-state index contributed by atoms with van der Waals surface area (Å²) in [5.41, 5.74) is -0.623. The lowest BCUT2D eigenvalue weighted by molar-refractivity contribution is 0.106. The maximum Gasteiger partial charge on any atom is 0.519 e. The van der Waals surface area contributed by atoms with Crippen LogP contribution in [-0.2, 0) is 13.0 Å². The number of phenolic OH excluding ortho intramolecular Hbond substituents is 1. The number of aromatic nitrogens is 2. The van der Waals surface area contributed by atoms with Crippen molar-refractivity contribution in [2.45, 2.75) is 94.9 Å². The van der Waals surface area contributed by atoms with E-state index in [1.165, 1.54) is 24.3 Å². The van der Waals surface area contributed by atoms with Gasteiger partial charge in [0.05, 0.1) is 28.6 Å². The molecule has 55 heavy (non-hydrogen) atoms. The summed E-state index contributed by atoms with van der Waals surface area (Å²) >= 11 is 0. The number of fused-ring (bicyclic) bond motifs is 7. The van der Waals surface area contributed by atoms with Gasteiger partial charge in [0.2, 0.25) is 0 Å². The fourth-order valence-electron chi connectivity index (χ4n) is 10.7. The Labute approximate surface area is 314 Å². The van der Waals surface area contributed by atoms with Gasteiger partial charge in [0.15, 0.2) is 11.6 Å². The van der Waals surface area contributed by atoms with E-state index in [9.17, 15) is 9.90 Å². The van der Waals surface area contributed by atoms with E-state index in [0.717, 1.165) is 51.6 Å². The number of halogens is 3. The molecule has 5 aromatic rings. The third kappa shape index (κ3) is 5.28. The molecule has 2 aromatic heterocycles. The average molecular weight is 752 g/mol. The molecule has 5 aliphatic heterocycles. The van der Waals surface area contributed by atoms with E-state index in [0.29, 0.717) is 55.3 Å². The summed E-state index contributed by atoms with van der Waals surface area (Å²) in [7, 11) is 0. The Bertz CT molecular complexity index is 2500. The first kappa shape index (κ1) is 34.4. The van der Waals surface area contributed by atoms with Crippen LogP contribution >= 0.6 is 0 Å². The van der Waals surface area contributed by atoms with Crippen LogP contribution in [0.2, 0.25) is 0 Å². The first-order chi connectivity index (χ1) is 26.6.